The molecule has 2 aliphatic heterocycles. The number of hydrogen-bond donors (Lipinski definition) is 7. The number of carbonyl (C=O) groups is 2. The summed E-state index contributed by atoms with van der Waals surface area (Å²) in [6, 6.07) is 2.84. The molecule has 12 nitrogen and oxygen atoms in total. The summed E-state index contributed by atoms with van der Waals surface area (Å²) >= 11 is 0. The van der Waals surface area contributed by atoms with Crippen molar-refractivity contribution in [3.8, 4) is 0 Å². The number of fused-ring (bicyclic) bond motifs is 1. The monoisotopic (exact) mass is 460 g/mol. The summed E-state index contributed by atoms with van der Waals surface area (Å²) in [5.41, 5.74) is -0.0830. The molecule has 1 aromatic carbocycles. The van der Waals surface area contributed by atoms with E-state index in [0.717, 1.165) is 6.92 Å². The van der Waals surface area contributed by atoms with Crippen LogP contribution in [0.15, 0.2) is 23.1 Å². The zero-order valence-electron chi connectivity index (χ0n) is 16.4. The molecule has 13 heteroatoms. The predicted octanol–water partition coefficient (Wildman–Crippen LogP) is -3.28. The summed E-state index contributed by atoms with van der Waals surface area (Å²) in [7, 11) is -4.16. The van der Waals surface area contributed by atoms with E-state index in [0.29, 0.717) is 0 Å². The van der Waals surface area contributed by atoms with Crippen molar-refractivity contribution in [2.75, 3.05) is 6.61 Å². The minimum absolute atomic E-state index is 0.0273. The van der Waals surface area contributed by atoms with Crippen molar-refractivity contribution in [1.82, 2.24) is 10.0 Å². The lowest BCUT2D eigenvalue weighted by Crippen LogP contribution is -2.66. The Hall–Kier alpha value is -2.13. The number of carbonyl (C=O) groups excluding carboxylic acids is 2. The fourth-order valence-electron chi connectivity index (χ4n) is 3.93. The molecule has 0 radical (unpaired) electrons. The summed E-state index contributed by atoms with van der Waals surface area (Å²) in [6.07, 6.45) is -7.50. The Labute approximate surface area is 177 Å². The molecule has 0 spiro atoms. The highest BCUT2D eigenvalue weighted by atomic mass is 32.2. The van der Waals surface area contributed by atoms with Crippen LogP contribution in [0.3, 0.4) is 0 Å². The normalized spacial score (nSPS) is 31.4. The molecular weight excluding hydrogens is 436 g/mol. The van der Waals surface area contributed by atoms with Crippen molar-refractivity contribution in [3.05, 3.63) is 29.3 Å². The van der Waals surface area contributed by atoms with Gasteiger partial charge in [-0.1, -0.05) is 12.1 Å². The average Bonchev–Trinajstić information content (AvgIpc) is 2.91. The second kappa shape index (κ2) is 8.43. The Bertz CT molecular complexity index is 984. The van der Waals surface area contributed by atoms with Gasteiger partial charge in [-0.3, -0.25) is 9.59 Å². The number of sulfonamides is 1. The van der Waals surface area contributed by atoms with Crippen LogP contribution in [0, 0.1) is 0 Å². The highest BCUT2D eigenvalue weighted by Gasteiger charge is 2.50. The lowest BCUT2D eigenvalue weighted by Gasteiger charge is -2.46. The number of nitrogens with one attached hydrogen (secondary N) is 2. The minimum atomic E-state index is -4.16. The second-order valence-corrected chi connectivity index (χ2v) is 9.29. The third-order valence-electron chi connectivity index (χ3n) is 5.24. The van der Waals surface area contributed by atoms with E-state index in [9.17, 15) is 38.4 Å². The van der Waals surface area contributed by atoms with Crippen LogP contribution in [0.2, 0.25) is 0 Å². The van der Waals surface area contributed by atoms with E-state index in [1.807, 2.05) is 4.72 Å². The van der Waals surface area contributed by atoms with Gasteiger partial charge in [-0.2, -0.15) is 0 Å². The fraction of sp³-hybridized carbons (Fsp3) is 0.556. The number of aliphatic hydroxyl groups excluding tert-OH is 4. The van der Waals surface area contributed by atoms with Crippen LogP contribution in [0.1, 0.15) is 29.3 Å². The van der Waals surface area contributed by atoms with Gasteiger partial charge in [0.1, 0.15) is 23.2 Å². The van der Waals surface area contributed by atoms with E-state index in [-0.39, 0.29) is 16.0 Å². The summed E-state index contributed by atoms with van der Waals surface area (Å²) < 4.78 is 32.0. The van der Waals surface area contributed by atoms with E-state index in [2.05, 4.69) is 5.32 Å². The largest absolute Gasteiger partial charge is 0.394 e. The predicted molar refractivity (Wildman–Crippen MR) is 102 cm³/mol. The molecular formula is C18H24N2O10S. The van der Waals surface area contributed by atoms with Gasteiger partial charge in [0, 0.05) is 19.8 Å². The molecule has 1 saturated heterocycles. The quantitative estimate of drug-likeness (QED) is 0.225. The topological polar surface area (TPSA) is 203 Å². The lowest BCUT2D eigenvalue weighted by molar-refractivity contribution is -0.300. The molecule has 31 heavy (non-hydrogen) atoms. The smallest absolute Gasteiger partial charge is 0.266 e. The average molecular weight is 460 g/mol. The number of hydrogen-bond acceptors (Lipinski definition) is 10. The van der Waals surface area contributed by atoms with Gasteiger partial charge in [0.2, 0.25) is 5.91 Å². The van der Waals surface area contributed by atoms with Gasteiger partial charge in [-0.05, 0) is 11.6 Å². The zero-order valence-corrected chi connectivity index (χ0v) is 17.2. The maximum Gasteiger partial charge on any atom is 0.266 e. The number of ether oxygens (including phenoxy) is 1. The van der Waals surface area contributed by atoms with E-state index >= 15 is 0 Å². The van der Waals surface area contributed by atoms with Crippen molar-refractivity contribution in [1.29, 1.82) is 0 Å². The number of benzene rings is 1. The highest BCUT2D eigenvalue weighted by molar-refractivity contribution is 7.90. The molecule has 2 heterocycles. The number of rotatable bonds is 6. The molecule has 3 rings (SSSR count). The van der Waals surface area contributed by atoms with Crippen LogP contribution >= 0.6 is 0 Å². The van der Waals surface area contributed by atoms with E-state index < -0.39 is 77.5 Å². The second-order valence-electron chi connectivity index (χ2n) is 7.67. The molecule has 2 amide bonds. The van der Waals surface area contributed by atoms with Crippen LogP contribution < -0.4 is 10.0 Å². The Morgan fingerprint density at radius 3 is 2.68 bits per heavy atom. The minimum Gasteiger partial charge on any atom is -0.394 e. The molecule has 1 fully saturated rings. The molecule has 0 aromatic heterocycles. The fourth-order valence-corrected chi connectivity index (χ4v) is 5.32. The van der Waals surface area contributed by atoms with E-state index in [1.54, 1.807) is 0 Å². The van der Waals surface area contributed by atoms with Crippen molar-refractivity contribution in [3.63, 3.8) is 0 Å². The first-order valence-corrected chi connectivity index (χ1v) is 10.9. The lowest BCUT2D eigenvalue weighted by atomic mass is 9.86. The summed E-state index contributed by atoms with van der Waals surface area (Å²) in [4.78, 5) is 23.1. The Morgan fingerprint density at radius 1 is 1.39 bits per heavy atom. The SMILES string of the molecule is CC(=O)N[C@H]1[C@H]([C@H](O)[C@H](O)CO)O[C@](O)(Cc2cccc3c2S(=O)(=O)NC3=O)C[C@@H]1O. The van der Waals surface area contributed by atoms with E-state index in [1.165, 1.54) is 18.2 Å². The van der Waals surface area contributed by atoms with Crippen LogP contribution in [0.4, 0.5) is 0 Å². The first kappa shape index (κ1) is 23.5. The molecule has 1 aromatic rings. The maximum absolute atomic E-state index is 12.3. The van der Waals surface area contributed by atoms with Crippen LogP contribution in [-0.2, 0) is 26.0 Å². The van der Waals surface area contributed by atoms with Crippen molar-refractivity contribution < 1.29 is 48.3 Å². The van der Waals surface area contributed by atoms with Crippen LogP contribution in [-0.4, -0.2) is 88.6 Å². The summed E-state index contributed by atoms with van der Waals surface area (Å²) in [5.74, 6) is -3.63. The Morgan fingerprint density at radius 2 is 2.06 bits per heavy atom. The molecule has 0 aliphatic carbocycles. The molecule has 7 N–H and O–H groups in total. The molecule has 172 valence electrons. The summed E-state index contributed by atoms with van der Waals surface area (Å²) in [5, 5.41) is 53.3. The van der Waals surface area contributed by atoms with Crippen LogP contribution in [0.5, 0.6) is 0 Å². The van der Waals surface area contributed by atoms with Crippen molar-refractivity contribution >= 4 is 21.8 Å². The van der Waals surface area contributed by atoms with Crippen molar-refractivity contribution in [2.24, 2.45) is 0 Å². The molecule has 0 bridgehead atoms. The first-order chi connectivity index (χ1) is 14.4. The van der Waals surface area contributed by atoms with Gasteiger partial charge in [-0.15, -0.1) is 0 Å². The molecule has 2 aliphatic rings. The first-order valence-electron chi connectivity index (χ1n) is 9.40. The van der Waals surface area contributed by atoms with Gasteiger partial charge in [0.15, 0.2) is 5.79 Å². The number of aliphatic hydroxyl groups is 5. The molecule has 0 saturated carbocycles. The van der Waals surface area contributed by atoms with Crippen LogP contribution in [0.25, 0.3) is 0 Å². The molecule has 6 atom stereocenters. The zero-order chi connectivity index (χ0) is 23.1. The summed E-state index contributed by atoms with van der Waals surface area (Å²) in [6.45, 7) is 0.294. The Kier molecular flexibility index (Phi) is 6.40. The standard InChI is InChI=1S/C18H24N2O10S/c1-8(22)19-13-11(23)6-18(27,30-15(13)14(25)12(24)7-21)5-9-3-2-4-10-16(9)31(28,29)20-17(10)26/h2-4,11-15,21,23-25,27H,5-7H2,1H3,(H,19,22)(H,20,26)/t11-,12+,13+,14+,15+,18+/m0/s1. The van der Waals surface area contributed by atoms with Gasteiger partial charge in [0.25, 0.3) is 15.9 Å². The third kappa shape index (κ3) is 4.57. The van der Waals surface area contributed by atoms with Gasteiger partial charge >= 0.3 is 0 Å². The van der Waals surface area contributed by atoms with Gasteiger partial charge < -0.3 is 35.6 Å². The third-order valence-corrected chi connectivity index (χ3v) is 6.72. The van der Waals surface area contributed by atoms with Crippen molar-refractivity contribution in [2.45, 2.75) is 60.9 Å². The Balaban J connectivity index is 1.96. The highest BCUT2D eigenvalue weighted by Crippen LogP contribution is 2.35. The number of amides is 2. The molecule has 0 unspecified atom stereocenters. The maximum atomic E-state index is 12.3. The van der Waals surface area contributed by atoms with Gasteiger partial charge in [0.05, 0.1) is 24.3 Å². The van der Waals surface area contributed by atoms with Gasteiger partial charge in [-0.25, -0.2) is 13.1 Å². The van der Waals surface area contributed by atoms with E-state index in [4.69, 9.17) is 9.84 Å².